The van der Waals surface area contributed by atoms with E-state index in [9.17, 15) is 9.59 Å². The summed E-state index contributed by atoms with van der Waals surface area (Å²) in [5, 5.41) is 3.22. The molecule has 112 valence electrons. The number of aryl methyl sites for hydroxylation is 2. The van der Waals surface area contributed by atoms with E-state index >= 15 is 0 Å². The minimum atomic E-state index is -0.506. The van der Waals surface area contributed by atoms with E-state index in [-0.39, 0.29) is 18.2 Å². The highest BCUT2D eigenvalue weighted by Crippen LogP contribution is 2.26. The summed E-state index contributed by atoms with van der Waals surface area (Å²) in [7, 11) is 0. The number of benzene rings is 2. The largest absolute Gasteiger partial charge is 0.373 e. The predicted molar refractivity (Wildman–Crippen MR) is 86.9 cm³/mol. The van der Waals surface area contributed by atoms with E-state index in [1.54, 1.807) is 12.1 Å². The zero-order valence-electron chi connectivity index (χ0n) is 12.7. The lowest BCUT2D eigenvalue weighted by Crippen LogP contribution is -2.34. The van der Waals surface area contributed by atoms with Crippen LogP contribution in [0.1, 0.15) is 17.5 Å². The Morgan fingerprint density at radius 3 is 2.50 bits per heavy atom. The van der Waals surface area contributed by atoms with Crippen molar-refractivity contribution in [3.8, 4) is 0 Å². The Morgan fingerprint density at radius 1 is 1.05 bits per heavy atom. The number of hydrogen-bond donors (Lipinski definition) is 1. The van der Waals surface area contributed by atoms with Crippen molar-refractivity contribution in [2.24, 2.45) is 0 Å². The van der Waals surface area contributed by atoms with E-state index in [2.05, 4.69) is 5.32 Å². The molecule has 0 bridgehead atoms. The topological polar surface area (TPSA) is 49.4 Å². The van der Waals surface area contributed by atoms with Gasteiger partial charge in [-0.25, -0.2) is 4.90 Å². The van der Waals surface area contributed by atoms with E-state index in [0.717, 1.165) is 16.8 Å². The third-order valence-electron chi connectivity index (χ3n) is 3.88. The number of carbonyl (C=O) groups is 2. The Balaban J connectivity index is 1.84. The Morgan fingerprint density at radius 2 is 1.77 bits per heavy atom. The van der Waals surface area contributed by atoms with E-state index in [0.29, 0.717) is 5.69 Å². The van der Waals surface area contributed by atoms with Crippen LogP contribution in [0.25, 0.3) is 0 Å². The van der Waals surface area contributed by atoms with Gasteiger partial charge in [-0.15, -0.1) is 0 Å². The van der Waals surface area contributed by atoms with E-state index in [4.69, 9.17) is 0 Å². The first-order valence-corrected chi connectivity index (χ1v) is 7.32. The molecular formula is C18H18N2O2. The van der Waals surface area contributed by atoms with Gasteiger partial charge in [-0.3, -0.25) is 9.59 Å². The number of carbonyl (C=O) groups excluding carboxylic acids is 2. The minimum absolute atomic E-state index is 0.168. The maximum atomic E-state index is 12.6. The van der Waals surface area contributed by atoms with Crippen molar-refractivity contribution >= 4 is 23.2 Å². The summed E-state index contributed by atoms with van der Waals surface area (Å²) in [5.74, 6) is -0.365. The molecule has 2 aromatic rings. The monoisotopic (exact) mass is 294 g/mol. The molecule has 1 fully saturated rings. The van der Waals surface area contributed by atoms with Gasteiger partial charge in [0.05, 0.1) is 12.1 Å². The molecule has 0 aromatic heterocycles. The molecule has 1 saturated heterocycles. The van der Waals surface area contributed by atoms with Gasteiger partial charge in [0, 0.05) is 5.69 Å². The van der Waals surface area contributed by atoms with Crippen LogP contribution in [0.3, 0.4) is 0 Å². The highest BCUT2D eigenvalue weighted by molar-refractivity contribution is 6.23. The fourth-order valence-electron chi connectivity index (χ4n) is 2.67. The molecule has 0 spiro atoms. The second kappa shape index (κ2) is 5.64. The van der Waals surface area contributed by atoms with Gasteiger partial charge in [0.2, 0.25) is 5.91 Å². The first kappa shape index (κ1) is 14.3. The smallest absolute Gasteiger partial charge is 0.256 e. The lowest BCUT2D eigenvalue weighted by molar-refractivity contribution is -0.121. The zero-order valence-corrected chi connectivity index (χ0v) is 12.7. The third-order valence-corrected chi connectivity index (χ3v) is 3.88. The molecule has 1 unspecified atom stereocenters. The van der Waals surface area contributed by atoms with Crippen LogP contribution in [0.4, 0.5) is 11.4 Å². The molecule has 1 aliphatic heterocycles. The average Bonchev–Trinajstić information content (AvgIpc) is 2.78. The molecule has 1 N–H and O–H groups in total. The molecule has 2 amide bonds. The second-order valence-corrected chi connectivity index (χ2v) is 5.62. The number of para-hydroxylation sites is 1. The van der Waals surface area contributed by atoms with Crippen LogP contribution in [0.15, 0.2) is 48.5 Å². The lowest BCUT2D eigenvalue weighted by atomic mass is 10.1. The first-order valence-electron chi connectivity index (χ1n) is 7.32. The van der Waals surface area contributed by atoms with Gasteiger partial charge in [-0.1, -0.05) is 30.3 Å². The van der Waals surface area contributed by atoms with Crippen molar-refractivity contribution in [2.45, 2.75) is 26.3 Å². The lowest BCUT2D eigenvalue weighted by Gasteiger charge is -2.17. The molecule has 1 aliphatic rings. The van der Waals surface area contributed by atoms with Crippen molar-refractivity contribution in [3.05, 3.63) is 59.7 Å². The fourth-order valence-corrected chi connectivity index (χ4v) is 2.67. The summed E-state index contributed by atoms with van der Waals surface area (Å²) in [6.07, 6.45) is 0.182. The van der Waals surface area contributed by atoms with Gasteiger partial charge < -0.3 is 5.32 Å². The van der Waals surface area contributed by atoms with Crippen LogP contribution in [0, 0.1) is 13.8 Å². The van der Waals surface area contributed by atoms with Gasteiger partial charge >= 0.3 is 0 Å². The molecule has 4 nitrogen and oxygen atoms in total. The summed E-state index contributed by atoms with van der Waals surface area (Å²) in [5.41, 5.74) is 3.71. The third kappa shape index (κ3) is 2.60. The fraction of sp³-hybridized carbons (Fsp3) is 0.222. The number of nitrogens with one attached hydrogen (secondary N) is 1. The Hall–Kier alpha value is -2.62. The number of rotatable bonds is 3. The van der Waals surface area contributed by atoms with Crippen LogP contribution in [0.2, 0.25) is 0 Å². The van der Waals surface area contributed by atoms with Crippen molar-refractivity contribution in [2.75, 3.05) is 10.2 Å². The molecule has 1 heterocycles. The van der Waals surface area contributed by atoms with Crippen molar-refractivity contribution in [1.29, 1.82) is 0 Å². The number of anilines is 2. The maximum absolute atomic E-state index is 12.6. The quantitative estimate of drug-likeness (QED) is 0.885. The van der Waals surface area contributed by atoms with E-state index in [1.165, 1.54) is 4.90 Å². The van der Waals surface area contributed by atoms with Crippen LogP contribution in [0.5, 0.6) is 0 Å². The summed E-state index contributed by atoms with van der Waals surface area (Å²) in [6.45, 7) is 3.99. The molecular weight excluding hydrogens is 276 g/mol. The van der Waals surface area contributed by atoms with Gasteiger partial charge in [0.1, 0.15) is 6.04 Å². The average molecular weight is 294 g/mol. The maximum Gasteiger partial charge on any atom is 0.256 e. The Bertz CT molecular complexity index is 725. The molecule has 0 aliphatic carbocycles. The summed E-state index contributed by atoms with van der Waals surface area (Å²) < 4.78 is 0. The van der Waals surface area contributed by atoms with Crippen LogP contribution in [-0.2, 0) is 9.59 Å². The number of amides is 2. The van der Waals surface area contributed by atoms with Gasteiger partial charge in [0.15, 0.2) is 0 Å². The predicted octanol–water partition coefficient (Wildman–Crippen LogP) is 3.05. The summed E-state index contributed by atoms with van der Waals surface area (Å²) >= 11 is 0. The van der Waals surface area contributed by atoms with Gasteiger partial charge in [-0.2, -0.15) is 0 Å². The number of imide groups is 1. The van der Waals surface area contributed by atoms with Crippen LogP contribution < -0.4 is 10.2 Å². The van der Waals surface area contributed by atoms with Crippen molar-refractivity contribution < 1.29 is 9.59 Å². The number of hydrogen-bond acceptors (Lipinski definition) is 3. The molecule has 4 heteroatoms. The first-order chi connectivity index (χ1) is 10.6. The standard InChI is InChI=1S/C18H18N2O2/c1-12-8-9-13(2)15(10-12)19-16-11-17(21)20(18(16)22)14-6-4-3-5-7-14/h3-10,16,19H,11H2,1-2H3. The Kier molecular flexibility index (Phi) is 3.67. The van der Waals surface area contributed by atoms with Gasteiger partial charge in [-0.05, 0) is 43.2 Å². The van der Waals surface area contributed by atoms with Crippen LogP contribution in [-0.4, -0.2) is 17.9 Å². The molecule has 0 saturated carbocycles. The van der Waals surface area contributed by atoms with Crippen LogP contribution >= 0.6 is 0 Å². The second-order valence-electron chi connectivity index (χ2n) is 5.62. The molecule has 22 heavy (non-hydrogen) atoms. The normalized spacial score (nSPS) is 17.9. The summed E-state index contributed by atoms with van der Waals surface area (Å²) in [4.78, 5) is 26.0. The molecule has 1 atom stereocenters. The summed E-state index contributed by atoms with van der Waals surface area (Å²) in [6, 6.07) is 14.6. The minimum Gasteiger partial charge on any atom is -0.373 e. The Labute approximate surface area is 129 Å². The van der Waals surface area contributed by atoms with Crippen molar-refractivity contribution in [3.63, 3.8) is 0 Å². The highest BCUT2D eigenvalue weighted by atomic mass is 16.2. The SMILES string of the molecule is Cc1ccc(C)c(NC2CC(=O)N(c3ccccc3)C2=O)c1. The van der Waals surface area contributed by atoms with Crippen molar-refractivity contribution in [1.82, 2.24) is 0 Å². The number of nitrogens with zero attached hydrogens (tertiary/aromatic N) is 1. The molecule has 2 aromatic carbocycles. The van der Waals surface area contributed by atoms with E-state index in [1.807, 2.05) is 50.2 Å². The van der Waals surface area contributed by atoms with E-state index < -0.39 is 6.04 Å². The molecule has 3 rings (SSSR count). The van der Waals surface area contributed by atoms with Gasteiger partial charge in [0.25, 0.3) is 5.91 Å². The zero-order chi connectivity index (χ0) is 15.7. The molecule has 0 radical (unpaired) electrons. The highest BCUT2D eigenvalue weighted by Gasteiger charge is 2.39.